The van der Waals surface area contributed by atoms with Crippen molar-refractivity contribution in [2.24, 2.45) is 23.2 Å². The van der Waals surface area contributed by atoms with Gasteiger partial charge in [0.15, 0.2) is 0 Å². The Bertz CT molecular complexity index is 1130. The standard InChI is InChI=1S/C32H36O3S/c1-23(2)34-27-13-15-30(16-14-27)36(28-9-5-3-6-10-28,29-11-7-4-8-12-29)35-31(33)32-20-24-17-25(21-32)19-26(18-24)22-32/h3-16,23-26H,17-22H2,1-2H3. The summed E-state index contributed by atoms with van der Waals surface area (Å²) in [6.45, 7) is 4.06. The largest absolute Gasteiger partial charge is 0.491 e. The third-order valence-corrected chi connectivity index (χ3v) is 11.6. The molecule has 4 heteroatoms. The zero-order valence-corrected chi connectivity index (χ0v) is 22.1. The highest BCUT2D eigenvalue weighted by Gasteiger charge is 2.57. The molecule has 0 spiro atoms. The number of hydrogen-bond donors (Lipinski definition) is 0. The van der Waals surface area contributed by atoms with Crippen LogP contribution >= 0.6 is 10.3 Å². The summed E-state index contributed by atoms with van der Waals surface area (Å²) in [5, 5.41) is 0. The molecular weight excluding hydrogens is 464 g/mol. The van der Waals surface area contributed by atoms with Gasteiger partial charge in [-0.3, -0.25) is 4.79 Å². The SMILES string of the molecule is CC(C)Oc1ccc(S(OC(=O)C23CC4CC(CC(C4)C2)C3)(c2ccccc2)c2ccccc2)cc1. The second-order valence-electron chi connectivity index (χ2n) is 11.4. The van der Waals surface area contributed by atoms with Gasteiger partial charge in [-0.2, -0.15) is 0 Å². The average Bonchev–Trinajstić information content (AvgIpc) is 2.88. The number of ether oxygens (including phenoxy) is 1. The second kappa shape index (κ2) is 9.30. The van der Waals surface area contributed by atoms with E-state index in [9.17, 15) is 4.79 Å². The Morgan fingerprint density at radius 3 is 1.61 bits per heavy atom. The van der Waals surface area contributed by atoms with Gasteiger partial charge >= 0.3 is 5.97 Å². The topological polar surface area (TPSA) is 35.5 Å². The van der Waals surface area contributed by atoms with Gasteiger partial charge in [0.2, 0.25) is 0 Å². The lowest BCUT2D eigenvalue weighted by Crippen LogP contribution is -2.50. The minimum absolute atomic E-state index is 0.0202. The molecule has 0 unspecified atom stereocenters. The minimum Gasteiger partial charge on any atom is -0.491 e. The number of rotatable bonds is 7. The fraction of sp³-hybridized carbons (Fsp3) is 0.406. The zero-order valence-electron chi connectivity index (χ0n) is 21.3. The van der Waals surface area contributed by atoms with Crippen LogP contribution < -0.4 is 4.74 Å². The number of hydrogen-bond acceptors (Lipinski definition) is 3. The summed E-state index contributed by atoms with van der Waals surface area (Å²) >= 11 is 0. The van der Waals surface area contributed by atoms with Crippen LogP contribution in [0.5, 0.6) is 5.75 Å². The van der Waals surface area contributed by atoms with E-state index in [0.717, 1.165) is 39.7 Å². The summed E-state index contributed by atoms with van der Waals surface area (Å²) < 4.78 is 12.9. The summed E-state index contributed by atoms with van der Waals surface area (Å²) in [6, 6.07) is 29.0. The molecule has 4 aliphatic rings. The average molecular weight is 501 g/mol. The molecule has 0 aromatic heterocycles. The van der Waals surface area contributed by atoms with E-state index in [0.29, 0.717) is 17.8 Å². The maximum absolute atomic E-state index is 14.4. The molecule has 3 aromatic rings. The molecule has 0 amide bonds. The zero-order chi connectivity index (χ0) is 24.8. The Hall–Kier alpha value is -2.72. The molecule has 0 radical (unpaired) electrons. The Morgan fingerprint density at radius 1 is 0.722 bits per heavy atom. The van der Waals surface area contributed by atoms with Crippen LogP contribution in [-0.4, -0.2) is 12.1 Å². The van der Waals surface area contributed by atoms with Gasteiger partial charge in [0.05, 0.1) is 11.5 Å². The van der Waals surface area contributed by atoms with Gasteiger partial charge in [-0.05, 0) is 129 Å². The summed E-state index contributed by atoms with van der Waals surface area (Å²) in [4.78, 5) is 17.5. The van der Waals surface area contributed by atoms with Crippen LogP contribution in [0.15, 0.2) is 99.6 Å². The quantitative estimate of drug-likeness (QED) is 0.326. The van der Waals surface area contributed by atoms with Crippen molar-refractivity contribution in [1.29, 1.82) is 0 Å². The van der Waals surface area contributed by atoms with E-state index in [1.54, 1.807) is 0 Å². The van der Waals surface area contributed by atoms with Gasteiger partial charge in [-0.1, -0.05) is 36.4 Å². The lowest BCUT2D eigenvalue weighted by molar-refractivity contribution is -0.160. The van der Waals surface area contributed by atoms with E-state index in [2.05, 4.69) is 60.7 Å². The Labute approximate surface area is 216 Å². The maximum Gasteiger partial charge on any atom is 0.323 e. The van der Waals surface area contributed by atoms with Crippen molar-refractivity contribution in [3.63, 3.8) is 0 Å². The molecule has 4 saturated carbocycles. The lowest BCUT2D eigenvalue weighted by Gasteiger charge is -2.56. The third kappa shape index (κ3) is 4.14. The van der Waals surface area contributed by atoms with Crippen LogP contribution in [0, 0.1) is 23.2 Å². The van der Waals surface area contributed by atoms with Crippen LogP contribution in [-0.2, 0) is 8.98 Å². The summed E-state index contributed by atoms with van der Waals surface area (Å²) in [7, 11) is -2.28. The smallest absolute Gasteiger partial charge is 0.323 e. The monoisotopic (exact) mass is 500 g/mol. The van der Waals surface area contributed by atoms with Gasteiger partial charge in [-0.25, -0.2) is 0 Å². The molecule has 36 heavy (non-hydrogen) atoms. The van der Waals surface area contributed by atoms with Crippen LogP contribution in [0.25, 0.3) is 0 Å². The number of carbonyl (C=O) groups is 1. The fourth-order valence-corrected chi connectivity index (χ4v) is 10.4. The molecule has 0 N–H and O–H groups in total. The molecule has 0 saturated heterocycles. The van der Waals surface area contributed by atoms with E-state index < -0.39 is 10.3 Å². The van der Waals surface area contributed by atoms with E-state index in [1.807, 2.05) is 38.1 Å². The molecule has 0 aliphatic heterocycles. The summed E-state index contributed by atoms with van der Waals surface area (Å²) in [5.74, 6) is 2.92. The summed E-state index contributed by atoms with van der Waals surface area (Å²) in [6.07, 6.45) is 7.01. The first-order chi connectivity index (χ1) is 17.5. The molecule has 4 fully saturated rings. The second-order valence-corrected chi connectivity index (χ2v) is 14.1. The van der Waals surface area contributed by atoms with Crippen molar-refractivity contribution in [3.05, 3.63) is 84.9 Å². The molecule has 0 heterocycles. The van der Waals surface area contributed by atoms with Crippen LogP contribution in [0.1, 0.15) is 52.4 Å². The van der Waals surface area contributed by atoms with Gasteiger partial charge in [0, 0.05) is 14.7 Å². The molecule has 4 bridgehead atoms. The molecule has 0 atom stereocenters. The highest BCUT2D eigenvalue weighted by Crippen LogP contribution is 2.71. The Morgan fingerprint density at radius 2 is 1.17 bits per heavy atom. The highest BCUT2D eigenvalue weighted by molar-refractivity contribution is 8.30. The van der Waals surface area contributed by atoms with E-state index in [-0.39, 0.29) is 17.5 Å². The first kappa shape index (κ1) is 23.7. The molecule has 3 nitrogen and oxygen atoms in total. The lowest BCUT2D eigenvalue weighted by atomic mass is 9.49. The van der Waals surface area contributed by atoms with E-state index >= 15 is 0 Å². The van der Waals surface area contributed by atoms with E-state index in [1.165, 1.54) is 19.3 Å². The molecule has 7 rings (SSSR count). The predicted octanol–water partition coefficient (Wildman–Crippen LogP) is 8.43. The van der Waals surface area contributed by atoms with Crippen molar-refractivity contribution >= 4 is 16.3 Å². The Balaban J connectivity index is 1.47. The van der Waals surface area contributed by atoms with Crippen molar-refractivity contribution in [2.45, 2.75) is 73.2 Å². The first-order valence-corrected chi connectivity index (χ1v) is 15.0. The summed E-state index contributed by atoms with van der Waals surface area (Å²) in [5.41, 5.74) is -0.322. The fourth-order valence-electron chi connectivity index (χ4n) is 7.32. The number of benzene rings is 3. The molecule has 4 aliphatic carbocycles. The maximum atomic E-state index is 14.4. The van der Waals surface area contributed by atoms with Crippen molar-refractivity contribution in [2.75, 3.05) is 0 Å². The van der Waals surface area contributed by atoms with Gasteiger partial charge in [-0.15, -0.1) is 0 Å². The highest BCUT2D eigenvalue weighted by atomic mass is 32.3. The number of carbonyl (C=O) groups excluding carboxylic acids is 1. The first-order valence-electron chi connectivity index (χ1n) is 13.4. The normalized spacial score (nSPS) is 27.1. The van der Waals surface area contributed by atoms with Crippen molar-refractivity contribution < 1.29 is 13.7 Å². The molecule has 188 valence electrons. The molecular formula is C32H36O3S. The van der Waals surface area contributed by atoms with Crippen molar-refractivity contribution in [3.8, 4) is 5.75 Å². The van der Waals surface area contributed by atoms with Crippen LogP contribution in [0.2, 0.25) is 0 Å². The van der Waals surface area contributed by atoms with Crippen LogP contribution in [0.4, 0.5) is 0 Å². The van der Waals surface area contributed by atoms with E-state index in [4.69, 9.17) is 8.92 Å². The third-order valence-electron chi connectivity index (χ3n) is 8.35. The van der Waals surface area contributed by atoms with Gasteiger partial charge in [0.25, 0.3) is 0 Å². The van der Waals surface area contributed by atoms with Crippen LogP contribution in [0.3, 0.4) is 0 Å². The Kier molecular flexibility index (Phi) is 6.11. The molecule has 3 aromatic carbocycles. The van der Waals surface area contributed by atoms with Crippen molar-refractivity contribution in [1.82, 2.24) is 0 Å². The van der Waals surface area contributed by atoms with Gasteiger partial charge in [0.1, 0.15) is 5.75 Å². The van der Waals surface area contributed by atoms with Gasteiger partial charge < -0.3 is 8.92 Å². The minimum atomic E-state index is -2.28. The predicted molar refractivity (Wildman–Crippen MR) is 144 cm³/mol.